The Balaban J connectivity index is 2.89. The van der Waals surface area contributed by atoms with Crippen LogP contribution in [0.4, 0.5) is 0 Å². The number of hydrogen-bond acceptors (Lipinski definition) is 4. The van der Waals surface area contributed by atoms with Gasteiger partial charge >= 0.3 is 5.97 Å². The molecule has 0 aromatic carbocycles. The van der Waals surface area contributed by atoms with Gasteiger partial charge in [-0.15, -0.1) is 0 Å². The Morgan fingerprint density at radius 3 is 2.76 bits per heavy atom. The summed E-state index contributed by atoms with van der Waals surface area (Å²) < 4.78 is 5.03. The molecule has 5 heteroatoms. The van der Waals surface area contributed by atoms with Crippen molar-refractivity contribution in [3.63, 3.8) is 0 Å². The molecule has 0 aliphatic heterocycles. The zero-order chi connectivity index (χ0) is 15.8. The van der Waals surface area contributed by atoms with Crippen LogP contribution in [0.1, 0.15) is 39.5 Å². The van der Waals surface area contributed by atoms with E-state index in [-0.39, 0.29) is 5.57 Å². The highest BCUT2D eigenvalue weighted by atomic mass is 35.5. The van der Waals surface area contributed by atoms with Crippen LogP contribution in [0.2, 0.25) is 0 Å². The summed E-state index contributed by atoms with van der Waals surface area (Å²) in [5, 5.41) is 3.71. The van der Waals surface area contributed by atoms with Crippen LogP contribution in [-0.4, -0.2) is 18.6 Å². The van der Waals surface area contributed by atoms with Gasteiger partial charge in [0.05, 0.1) is 17.9 Å². The average molecular weight is 313 g/mol. The molecular formula is C16H25ClN2O2. The van der Waals surface area contributed by atoms with Crippen LogP contribution >= 0.6 is 11.6 Å². The van der Waals surface area contributed by atoms with Gasteiger partial charge in [-0.05, 0) is 31.8 Å². The lowest BCUT2D eigenvalue weighted by molar-refractivity contribution is -0.138. The van der Waals surface area contributed by atoms with Crippen LogP contribution in [0.3, 0.4) is 0 Å². The van der Waals surface area contributed by atoms with Crippen LogP contribution in [0.25, 0.3) is 0 Å². The Morgan fingerprint density at radius 1 is 1.52 bits per heavy atom. The van der Waals surface area contributed by atoms with Gasteiger partial charge in [0, 0.05) is 17.3 Å². The number of hydrogen-bond donors (Lipinski definition) is 2. The number of nitrogens with two attached hydrogens (primary N) is 1. The number of halogens is 1. The first-order chi connectivity index (χ1) is 9.97. The fourth-order valence-electron chi connectivity index (χ4n) is 2.62. The summed E-state index contributed by atoms with van der Waals surface area (Å²) in [6, 6.07) is 0.306. The maximum Gasteiger partial charge on any atom is 0.341 e. The van der Waals surface area contributed by atoms with Crippen molar-refractivity contribution >= 4 is 17.6 Å². The highest BCUT2D eigenvalue weighted by molar-refractivity contribution is 6.31. The summed E-state index contributed by atoms with van der Waals surface area (Å²) in [7, 11) is 0. The lowest BCUT2D eigenvalue weighted by Gasteiger charge is -2.29. The van der Waals surface area contributed by atoms with E-state index in [0.717, 1.165) is 12.8 Å². The second-order valence-corrected chi connectivity index (χ2v) is 5.90. The van der Waals surface area contributed by atoms with E-state index in [0.29, 0.717) is 29.3 Å². The largest absolute Gasteiger partial charge is 0.462 e. The number of carbonyl (C=O) groups excluding carboxylic acids is 1. The van der Waals surface area contributed by atoms with Crippen LogP contribution in [0.5, 0.6) is 0 Å². The van der Waals surface area contributed by atoms with Gasteiger partial charge in [-0.2, -0.15) is 0 Å². The summed E-state index contributed by atoms with van der Waals surface area (Å²) in [5.41, 5.74) is 6.46. The molecule has 21 heavy (non-hydrogen) atoms. The summed E-state index contributed by atoms with van der Waals surface area (Å²) in [6.45, 7) is 7.95. The van der Waals surface area contributed by atoms with Gasteiger partial charge in [0.1, 0.15) is 0 Å². The monoisotopic (exact) mass is 312 g/mol. The van der Waals surface area contributed by atoms with Crippen molar-refractivity contribution in [3.05, 3.63) is 35.2 Å². The van der Waals surface area contributed by atoms with E-state index in [1.807, 2.05) is 0 Å². The number of rotatable bonds is 6. The van der Waals surface area contributed by atoms with Crippen molar-refractivity contribution in [1.29, 1.82) is 0 Å². The van der Waals surface area contributed by atoms with Gasteiger partial charge in [0.2, 0.25) is 0 Å². The molecule has 1 rings (SSSR count). The van der Waals surface area contributed by atoms with Gasteiger partial charge < -0.3 is 15.8 Å². The standard InChI is InChI=1S/C16H25ClN2O2/c1-4-21-16(20)14(10-18)15(9-12(3)17)19-13-7-5-6-11(2)8-13/h9-11,13,19H,3-8,18H2,1-2H3/b14-10+,15-9+. The molecule has 0 aromatic heterocycles. The molecular weight excluding hydrogens is 288 g/mol. The first kappa shape index (κ1) is 17.6. The topological polar surface area (TPSA) is 64.3 Å². The van der Waals surface area contributed by atoms with E-state index in [1.54, 1.807) is 13.0 Å². The van der Waals surface area contributed by atoms with Crippen molar-refractivity contribution in [1.82, 2.24) is 5.32 Å². The first-order valence-corrected chi connectivity index (χ1v) is 7.77. The molecule has 0 spiro atoms. The number of carbonyl (C=O) groups is 1. The molecule has 0 amide bonds. The fourth-order valence-corrected chi connectivity index (χ4v) is 2.72. The van der Waals surface area contributed by atoms with Crippen molar-refractivity contribution < 1.29 is 9.53 Å². The number of esters is 1. The molecule has 4 nitrogen and oxygen atoms in total. The molecule has 2 atom stereocenters. The summed E-state index contributed by atoms with van der Waals surface area (Å²) in [4.78, 5) is 12.0. The van der Waals surface area contributed by atoms with Gasteiger partial charge in [-0.1, -0.05) is 37.9 Å². The summed E-state index contributed by atoms with van der Waals surface area (Å²) in [5.74, 6) is 0.213. The van der Waals surface area contributed by atoms with Crippen molar-refractivity contribution in [2.45, 2.75) is 45.6 Å². The Hall–Kier alpha value is -1.42. The van der Waals surface area contributed by atoms with Gasteiger partial charge in [0.25, 0.3) is 0 Å². The van der Waals surface area contributed by atoms with Crippen molar-refractivity contribution in [3.8, 4) is 0 Å². The van der Waals surface area contributed by atoms with E-state index in [4.69, 9.17) is 22.1 Å². The van der Waals surface area contributed by atoms with Crippen molar-refractivity contribution in [2.75, 3.05) is 6.61 Å². The smallest absolute Gasteiger partial charge is 0.341 e. The molecule has 2 unspecified atom stereocenters. The van der Waals surface area contributed by atoms with Crippen molar-refractivity contribution in [2.24, 2.45) is 11.7 Å². The average Bonchev–Trinajstić information content (AvgIpc) is 2.39. The molecule has 0 radical (unpaired) electrons. The highest BCUT2D eigenvalue weighted by Crippen LogP contribution is 2.25. The van der Waals surface area contributed by atoms with Gasteiger partial charge in [-0.25, -0.2) is 4.79 Å². The third-order valence-corrected chi connectivity index (χ3v) is 3.66. The lowest BCUT2D eigenvalue weighted by atomic mass is 9.87. The molecule has 3 N–H and O–H groups in total. The number of ether oxygens (including phenoxy) is 1. The number of nitrogens with one attached hydrogen (secondary N) is 1. The molecule has 118 valence electrons. The fraction of sp³-hybridized carbons (Fsp3) is 0.562. The Bertz CT molecular complexity index is 444. The Labute approximate surface area is 132 Å². The first-order valence-electron chi connectivity index (χ1n) is 7.39. The number of allylic oxidation sites excluding steroid dienone is 2. The maximum absolute atomic E-state index is 12.0. The minimum atomic E-state index is -0.458. The molecule has 1 aliphatic carbocycles. The Morgan fingerprint density at radius 2 is 2.24 bits per heavy atom. The van der Waals surface area contributed by atoms with Crippen LogP contribution in [0.15, 0.2) is 35.2 Å². The molecule has 0 heterocycles. The van der Waals surface area contributed by atoms with Crippen LogP contribution in [-0.2, 0) is 9.53 Å². The predicted octanol–water partition coefficient (Wildman–Crippen LogP) is 3.20. The SMILES string of the molecule is C=C(Cl)/C=C(NC1CCCC(C)C1)\C(=C/N)C(=O)OCC. The van der Waals surface area contributed by atoms with Gasteiger partial charge in [-0.3, -0.25) is 0 Å². The zero-order valence-electron chi connectivity index (χ0n) is 12.8. The van der Waals surface area contributed by atoms with Gasteiger partial charge in [0.15, 0.2) is 0 Å². The summed E-state index contributed by atoms with van der Waals surface area (Å²) >= 11 is 5.87. The predicted molar refractivity (Wildman–Crippen MR) is 86.5 cm³/mol. The molecule has 1 fully saturated rings. The lowest BCUT2D eigenvalue weighted by Crippen LogP contribution is -2.35. The van der Waals surface area contributed by atoms with E-state index >= 15 is 0 Å². The molecule has 0 bridgehead atoms. The molecule has 0 aromatic rings. The molecule has 1 aliphatic rings. The maximum atomic E-state index is 12.0. The second-order valence-electron chi connectivity index (χ2n) is 5.42. The highest BCUT2D eigenvalue weighted by Gasteiger charge is 2.23. The zero-order valence-corrected chi connectivity index (χ0v) is 13.6. The molecule has 1 saturated carbocycles. The third kappa shape index (κ3) is 5.84. The van der Waals surface area contributed by atoms with Crippen LogP contribution < -0.4 is 11.1 Å². The van der Waals surface area contributed by atoms with E-state index in [9.17, 15) is 4.79 Å². The van der Waals surface area contributed by atoms with E-state index < -0.39 is 5.97 Å². The third-order valence-electron chi connectivity index (χ3n) is 3.55. The molecule has 0 saturated heterocycles. The van der Waals surface area contributed by atoms with E-state index in [2.05, 4.69) is 18.8 Å². The quantitative estimate of drug-likeness (QED) is 0.449. The van der Waals surface area contributed by atoms with Crippen LogP contribution in [0, 0.1) is 5.92 Å². The second kappa shape index (κ2) is 8.78. The minimum Gasteiger partial charge on any atom is -0.462 e. The Kier molecular flexibility index (Phi) is 7.37. The van der Waals surface area contributed by atoms with E-state index in [1.165, 1.54) is 19.0 Å². The normalized spacial score (nSPS) is 23.6. The summed E-state index contributed by atoms with van der Waals surface area (Å²) in [6.07, 6.45) is 7.43. The minimum absolute atomic E-state index is 0.289.